The van der Waals surface area contributed by atoms with Gasteiger partial charge in [0.2, 0.25) is 5.75 Å². The SMILES string of the molecule is CCC=CCCC1CCC(C2CCC(CCc3cc(F)c(OC(F)(F)F)c(F)c3)CC2)CC1. The molecule has 0 atom stereocenters. The molecule has 0 spiro atoms. The summed E-state index contributed by atoms with van der Waals surface area (Å²) in [6.45, 7) is 2.17. The molecule has 2 fully saturated rings. The Morgan fingerprint density at radius 1 is 0.818 bits per heavy atom. The van der Waals surface area contributed by atoms with E-state index in [1.807, 2.05) is 0 Å². The van der Waals surface area contributed by atoms with Crippen LogP contribution in [0.1, 0.15) is 89.5 Å². The van der Waals surface area contributed by atoms with Crippen molar-refractivity contribution in [3.05, 3.63) is 41.5 Å². The van der Waals surface area contributed by atoms with E-state index in [1.54, 1.807) is 0 Å². The minimum atomic E-state index is -5.12. The van der Waals surface area contributed by atoms with Gasteiger partial charge in [0, 0.05) is 0 Å². The molecule has 0 radical (unpaired) electrons. The smallest absolute Gasteiger partial charge is 0.399 e. The topological polar surface area (TPSA) is 9.23 Å². The van der Waals surface area contributed by atoms with Gasteiger partial charge in [-0.25, -0.2) is 8.78 Å². The fourth-order valence-corrected chi connectivity index (χ4v) is 5.85. The lowest BCUT2D eigenvalue weighted by molar-refractivity contribution is -0.276. The first-order valence-electron chi connectivity index (χ1n) is 12.6. The van der Waals surface area contributed by atoms with Crippen LogP contribution in [-0.4, -0.2) is 6.36 Å². The standard InChI is InChI=1S/C27H37F5O/c1-2-3-4-5-6-19-9-13-22(14-10-19)23-15-11-20(12-16-23)7-8-21-17-24(28)26(25(29)18-21)33-27(30,31)32/h3-4,17-20,22-23H,2,5-16H2,1H3. The molecule has 0 aliphatic heterocycles. The molecule has 33 heavy (non-hydrogen) atoms. The summed E-state index contributed by atoms with van der Waals surface area (Å²) in [4.78, 5) is 0. The minimum Gasteiger partial charge on any atom is -0.399 e. The Bertz CT molecular complexity index is 733. The predicted octanol–water partition coefficient (Wildman–Crippen LogP) is 9.16. The highest BCUT2D eigenvalue weighted by molar-refractivity contribution is 5.31. The van der Waals surface area contributed by atoms with E-state index in [0.29, 0.717) is 17.9 Å². The summed E-state index contributed by atoms with van der Waals surface area (Å²) in [6, 6.07) is 1.93. The van der Waals surface area contributed by atoms with Gasteiger partial charge in [-0.3, -0.25) is 0 Å². The molecule has 1 aromatic rings. The summed E-state index contributed by atoms with van der Waals surface area (Å²) in [5.74, 6) is -0.938. The molecule has 1 aromatic carbocycles. The maximum atomic E-state index is 13.9. The molecule has 2 aliphatic carbocycles. The van der Waals surface area contributed by atoms with Gasteiger partial charge in [0.15, 0.2) is 11.6 Å². The molecule has 0 N–H and O–H groups in total. The molecule has 0 saturated heterocycles. The van der Waals surface area contributed by atoms with Crippen LogP contribution in [0, 0.1) is 35.3 Å². The summed E-state index contributed by atoms with van der Waals surface area (Å²) in [5.41, 5.74) is 0.383. The summed E-state index contributed by atoms with van der Waals surface area (Å²) in [5, 5.41) is 0. The second-order valence-electron chi connectivity index (χ2n) is 9.99. The van der Waals surface area contributed by atoms with E-state index in [4.69, 9.17) is 0 Å². The van der Waals surface area contributed by atoms with Gasteiger partial charge in [0.25, 0.3) is 0 Å². The Hall–Kier alpha value is -1.59. The number of rotatable bonds is 9. The van der Waals surface area contributed by atoms with Crippen LogP contribution in [0.3, 0.4) is 0 Å². The first kappa shape index (κ1) is 26.0. The zero-order valence-electron chi connectivity index (χ0n) is 19.6. The van der Waals surface area contributed by atoms with Gasteiger partial charge in [-0.1, -0.05) is 44.8 Å². The third-order valence-electron chi connectivity index (χ3n) is 7.71. The first-order chi connectivity index (χ1) is 15.7. The van der Waals surface area contributed by atoms with Crippen molar-refractivity contribution in [2.24, 2.45) is 23.7 Å². The quantitative estimate of drug-likeness (QED) is 0.257. The van der Waals surface area contributed by atoms with Crippen molar-refractivity contribution in [1.82, 2.24) is 0 Å². The van der Waals surface area contributed by atoms with E-state index in [0.717, 1.165) is 55.6 Å². The van der Waals surface area contributed by atoms with Crippen LogP contribution >= 0.6 is 0 Å². The van der Waals surface area contributed by atoms with E-state index < -0.39 is 23.7 Å². The van der Waals surface area contributed by atoms with Crippen molar-refractivity contribution in [1.29, 1.82) is 0 Å². The predicted molar refractivity (Wildman–Crippen MR) is 121 cm³/mol. The van der Waals surface area contributed by atoms with Crippen molar-refractivity contribution < 1.29 is 26.7 Å². The molecule has 186 valence electrons. The maximum absolute atomic E-state index is 13.9. The number of allylic oxidation sites excluding steroid dienone is 2. The zero-order chi connectivity index (χ0) is 23.8. The van der Waals surface area contributed by atoms with Crippen molar-refractivity contribution >= 4 is 0 Å². The molecule has 0 unspecified atom stereocenters. The van der Waals surface area contributed by atoms with E-state index in [2.05, 4.69) is 23.8 Å². The second kappa shape index (κ2) is 12.2. The Balaban J connectivity index is 1.38. The maximum Gasteiger partial charge on any atom is 0.573 e. The van der Waals surface area contributed by atoms with Gasteiger partial charge in [0.05, 0.1) is 0 Å². The fourth-order valence-electron chi connectivity index (χ4n) is 5.85. The molecular weight excluding hydrogens is 435 g/mol. The van der Waals surface area contributed by atoms with E-state index in [9.17, 15) is 22.0 Å². The first-order valence-corrected chi connectivity index (χ1v) is 12.6. The van der Waals surface area contributed by atoms with Gasteiger partial charge in [-0.2, -0.15) is 0 Å². The monoisotopic (exact) mass is 472 g/mol. The summed E-state index contributed by atoms with van der Waals surface area (Å²) < 4.78 is 68.2. The highest BCUT2D eigenvalue weighted by atomic mass is 19.4. The number of halogens is 5. The lowest BCUT2D eigenvalue weighted by atomic mass is 9.68. The molecule has 0 amide bonds. The molecule has 2 saturated carbocycles. The molecule has 0 aromatic heterocycles. The number of hydrogen-bond donors (Lipinski definition) is 0. The largest absolute Gasteiger partial charge is 0.573 e. The second-order valence-corrected chi connectivity index (χ2v) is 9.99. The fraction of sp³-hybridized carbons (Fsp3) is 0.704. The number of hydrogen-bond acceptors (Lipinski definition) is 1. The molecule has 0 bridgehead atoms. The number of aryl methyl sites for hydroxylation is 1. The zero-order valence-corrected chi connectivity index (χ0v) is 19.6. The van der Waals surface area contributed by atoms with Crippen LogP contribution in [0.5, 0.6) is 5.75 Å². The van der Waals surface area contributed by atoms with Crippen LogP contribution < -0.4 is 4.74 Å². The van der Waals surface area contributed by atoms with Gasteiger partial charge in [-0.05, 0) is 99.2 Å². The van der Waals surface area contributed by atoms with Crippen LogP contribution in [0.25, 0.3) is 0 Å². The highest BCUT2D eigenvalue weighted by Gasteiger charge is 2.34. The van der Waals surface area contributed by atoms with Gasteiger partial charge in [0.1, 0.15) is 0 Å². The Labute approximate surface area is 194 Å². The van der Waals surface area contributed by atoms with Crippen LogP contribution in [0.4, 0.5) is 22.0 Å². The lowest BCUT2D eigenvalue weighted by Crippen LogP contribution is -2.26. The molecule has 3 rings (SSSR count). The molecule has 0 heterocycles. The summed E-state index contributed by atoms with van der Waals surface area (Å²) in [6.07, 6.45) is 14.5. The van der Waals surface area contributed by atoms with Crippen molar-refractivity contribution in [2.75, 3.05) is 0 Å². The average molecular weight is 473 g/mol. The van der Waals surface area contributed by atoms with Gasteiger partial charge >= 0.3 is 6.36 Å². The molecule has 1 nitrogen and oxygen atoms in total. The lowest BCUT2D eigenvalue weighted by Gasteiger charge is -2.38. The normalized spacial score (nSPS) is 26.6. The summed E-state index contributed by atoms with van der Waals surface area (Å²) >= 11 is 0. The van der Waals surface area contributed by atoms with Crippen molar-refractivity contribution in [3.63, 3.8) is 0 Å². The molecule has 6 heteroatoms. The van der Waals surface area contributed by atoms with Crippen LogP contribution in [0.2, 0.25) is 0 Å². The number of benzene rings is 1. The van der Waals surface area contributed by atoms with Crippen LogP contribution in [-0.2, 0) is 6.42 Å². The van der Waals surface area contributed by atoms with E-state index in [1.165, 1.54) is 51.4 Å². The van der Waals surface area contributed by atoms with Gasteiger partial charge in [-0.15, -0.1) is 13.2 Å². The van der Waals surface area contributed by atoms with Crippen molar-refractivity contribution in [3.8, 4) is 5.75 Å². The van der Waals surface area contributed by atoms with Gasteiger partial charge < -0.3 is 4.74 Å². The molecule has 2 aliphatic rings. The Morgan fingerprint density at radius 3 is 1.82 bits per heavy atom. The number of alkyl halides is 3. The van der Waals surface area contributed by atoms with E-state index >= 15 is 0 Å². The highest BCUT2D eigenvalue weighted by Crippen LogP contribution is 2.43. The third-order valence-corrected chi connectivity index (χ3v) is 7.71. The Morgan fingerprint density at radius 2 is 1.33 bits per heavy atom. The van der Waals surface area contributed by atoms with E-state index in [-0.39, 0.29) is 0 Å². The molecular formula is C27H37F5O. The Kier molecular flexibility index (Phi) is 9.63. The minimum absolute atomic E-state index is 0.383. The summed E-state index contributed by atoms with van der Waals surface area (Å²) in [7, 11) is 0. The number of ether oxygens (including phenoxy) is 1. The van der Waals surface area contributed by atoms with Crippen molar-refractivity contribution in [2.45, 2.75) is 96.8 Å². The van der Waals surface area contributed by atoms with Crippen LogP contribution in [0.15, 0.2) is 24.3 Å². The third kappa shape index (κ3) is 8.29. The average Bonchev–Trinajstić information content (AvgIpc) is 2.78.